The van der Waals surface area contributed by atoms with Gasteiger partial charge in [0.25, 0.3) is 0 Å². The summed E-state index contributed by atoms with van der Waals surface area (Å²) in [5, 5.41) is 9.77. The van der Waals surface area contributed by atoms with Gasteiger partial charge < -0.3 is 19.3 Å². The maximum Gasteiger partial charge on any atom is 0.0900 e. The lowest BCUT2D eigenvalue weighted by Gasteiger charge is -2.24. The van der Waals surface area contributed by atoms with E-state index in [-0.39, 0.29) is 0 Å². The average Bonchev–Trinajstić information content (AvgIpc) is 2.33. The van der Waals surface area contributed by atoms with Crippen molar-refractivity contribution >= 4 is 0 Å². The van der Waals surface area contributed by atoms with Gasteiger partial charge in [-0.1, -0.05) is 0 Å². The summed E-state index contributed by atoms with van der Waals surface area (Å²) in [5.41, 5.74) is 0. The molecular formula is C12H27NO4. The van der Waals surface area contributed by atoms with Crippen LogP contribution in [-0.4, -0.2) is 76.4 Å². The minimum absolute atomic E-state index is 0.393. The molecule has 104 valence electrons. The molecule has 0 aromatic heterocycles. The molecule has 0 aliphatic carbocycles. The van der Waals surface area contributed by atoms with Crippen molar-refractivity contribution in [3.63, 3.8) is 0 Å². The van der Waals surface area contributed by atoms with Gasteiger partial charge in [-0.05, 0) is 13.3 Å². The van der Waals surface area contributed by atoms with E-state index in [2.05, 4.69) is 4.90 Å². The van der Waals surface area contributed by atoms with E-state index in [1.54, 1.807) is 14.2 Å². The van der Waals surface area contributed by atoms with Gasteiger partial charge in [0.2, 0.25) is 0 Å². The summed E-state index contributed by atoms with van der Waals surface area (Å²) in [4.78, 5) is 2.17. The SMILES string of the molecule is CCOCC(O)CN(CCCOC)CCOC. The third kappa shape index (κ3) is 10.7. The Morgan fingerprint density at radius 3 is 2.41 bits per heavy atom. The van der Waals surface area contributed by atoms with Crippen LogP contribution in [0.4, 0.5) is 0 Å². The third-order valence-electron chi connectivity index (χ3n) is 2.42. The highest BCUT2D eigenvalue weighted by atomic mass is 16.5. The summed E-state index contributed by atoms with van der Waals surface area (Å²) in [6.07, 6.45) is 0.524. The zero-order valence-corrected chi connectivity index (χ0v) is 11.4. The number of aliphatic hydroxyl groups excluding tert-OH is 1. The minimum atomic E-state index is -0.436. The van der Waals surface area contributed by atoms with E-state index in [9.17, 15) is 5.11 Å². The van der Waals surface area contributed by atoms with Crippen LogP contribution in [0.2, 0.25) is 0 Å². The van der Waals surface area contributed by atoms with Gasteiger partial charge in [-0.15, -0.1) is 0 Å². The second kappa shape index (κ2) is 12.3. The standard InChI is InChI=1S/C12H27NO4/c1-4-17-11-12(14)10-13(7-9-16-3)6-5-8-15-2/h12,14H,4-11H2,1-3H3. The van der Waals surface area contributed by atoms with E-state index in [4.69, 9.17) is 14.2 Å². The van der Waals surface area contributed by atoms with E-state index in [1.165, 1.54) is 0 Å². The monoisotopic (exact) mass is 249 g/mol. The van der Waals surface area contributed by atoms with Crippen LogP contribution >= 0.6 is 0 Å². The minimum Gasteiger partial charge on any atom is -0.389 e. The van der Waals surface area contributed by atoms with Crippen LogP contribution < -0.4 is 0 Å². The molecule has 1 N–H and O–H groups in total. The molecule has 1 atom stereocenters. The summed E-state index contributed by atoms with van der Waals surface area (Å²) in [6.45, 7) is 6.72. The Kier molecular flexibility index (Phi) is 12.1. The first-order chi connectivity index (χ1) is 8.24. The Morgan fingerprint density at radius 1 is 1.12 bits per heavy atom. The highest BCUT2D eigenvalue weighted by molar-refractivity contribution is 4.64. The van der Waals surface area contributed by atoms with E-state index in [0.29, 0.717) is 26.4 Å². The molecule has 0 bridgehead atoms. The highest BCUT2D eigenvalue weighted by Gasteiger charge is 2.11. The number of hydrogen-bond donors (Lipinski definition) is 1. The number of aliphatic hydroxyl groups is 1. The Hall–Kier alpha value is -0.200. The number of hydrogen-bond acceptors (Lipinski definition) is 5. The van der Waals surface area contributed by atoms with Crippen molar-refractivity contribution in [3.8, 4) is 0 Å². The van der Waals surface area contributed by atoms with Gasteiger partial charge in [-0.25, -0.2) is 0 Å². The molecule has 0 aliphatic heterocycles. The van der Waals surface area contributed by atoms with Gasteiger partial charge in [-0.2, -0.15) is 0 Å². The molecule has 0 fully saturated rings. The second-order valence-corrected chi connectivity index (χ2v) is 3.95. The molecule has 0 amide bonds. The van der Waals surface area contributed by atoms with Crippen LogP contribution in [0.3, 0.4) is 0 Å². The number of nitrogens with zero attached hydrogens (tertiary/aromatic N) is 1. The van der Waals surface area contributed by atoms with E-state index < -0.39 is 6.10 Å². The molecule has 0 radical (unpaired) electrons. The zero-order chi connectivity index (χ0) is 12.9. The molecule has 1 unspecified atom stereocenters. The summed E-state index contributed by atoms with van der Waals surface area (Å²) >= 11 is 0. The first-order valence-electron chi connectivity index (χ1n) is 6.20. The van der Waals surface area contributed by atoms with Crippen LogP contribution in [0.1, 0.15) is 13.3 Å². The lowest BCUT2D eigenvalue weighted by atomic mass is 10.3. The Bertz CT molecular complexity index is 157. The molecule has 0 rings (SSSR count). The Labute approximate surface area is 105 Å². The van der Waals surface area contributed by atoms with E-state index >= 15 is 0 Å². The van der Waals surface area contributed by atoms with Crippen molar-refractivity contribution in [1.82, 2.24) is 4.90 Å². The van der Waals surface area contributed by atoms with Crippen molar-refractivity contribution in [2.75, 3.05) is 60.3 Å². The smallest absolute Gasteiger partial charge is 0.0900 e. The van der Waals surface area contributed by atoms with Gasteiger partial charge in [0, 0.05) is 47.1 Å². The maximum absolute atomic E-state index is 9.77. The lowest BCUT2D eigenvalue weighted by Crippen LogP contribution is -2.37. The first kappa shape index (κ1) is 16.8. The first-order valence-corrected chi connectivity index (χ1v) is 6.20. The third-order valence-corrected chi connectivity index (χ3v) is 2.42. The Morgan fingerprint density at radius 2 is 1.82 bits per heavy atom. The van der Waals surface area contributed by atoms with Crippen molar-refractivity contribution < 1.29 is 19.3 Å². The lowest BCUT2D eigenvalue weighted by molar-refractivity contribution is 0.0151. The van der Waals surface area contributed by atoms with Gasteiger partial charge >= 0.3 is 0 Å². The summed E-state index contributed by atoms with van der Waals surface area (Å²) in [5.74, 6) is 0. The predicted octanol–water partition coefficient (Wildman–Crippen LogP) is 0.369. The number of ether oxygens (including phenoxy) is 3. The van der Waals surface area contributed by atoms with E-state index in [1.807, 2.05) is 6.92 Å². The highest BCUT2D eigenvalue weighted by Crippen LogP contribution is 1.97. The van der Waals surface area contributed by atoms with Crippen LogP contribution in [0, 0.1) is 0 Å². The quantitative estimate of drug-likeness (QED) is 0.506. The zero-order valence-electron chi connectivity index (χ0n) is 11.4. The molecule has 5 heteroatoms. The summed E-state index contributed by atoms with van der Waals surface area (Å²) < 4.78 is 15.3. The average molecular weight is 249 g/mol. The van der Waals surface area contributed by atoms with Crippen LogP contribution in [-0.2, 0) is 14.2 Å². The van der Waals surface area contributed by atoms with Crippen molar-refractivity contribution in [2.45, 2.75) is 19.4 Å². The predicted molar refractivity (Wildman–Crippen MR) is 67.3 cm³/mol. The molecule has 0 saturated carbocycles. The van der Waals surface area contributed by atoms with Crippen molar-refractivity contribution in [2.24, 2.45) is 0 Å². The molecule has 0 heterocycles. The fraction of sp³-hybridized carbons (Fsp3) is 1.00. The molecule has 0 saturated heterocycles. The maximum atomic E-state index is 9.77. The fourth-order valence-electron chi connectivity index (χ4n) is 1.55. The largest absolute Gasteiger partial charge is 0.389 e. The van der Waals surface area contributed by atoms with E-state index in [0.717, 1.165) is 26.1 Å². The fourth-order valence-corrected chi connectivity index (χ4v) is 1.55. The molecule has 0 spiro atoms. The second-order valence-electron chi connectivity index (χ2n) is 3.95. The molecule has 0 aromatic carbocycles. The van der Waals surface area contributed by atoms with Gasteiger partial charge in [0.1, 0.15) is 0 Å². The summed E-state index contributed by atoms with van der Waals surface area (Å²) in [7, 11) is 3.38. The normalized spacial score (nSPS) is 13.2. The topological polar surface area (TPSA) is 51.2 Å². The van der Waals surface area contributed by atoms with Crippen LogP contribution in [0.5, 0.6) is 0 Å². The van der Waals surface area contributed by atoms with Crippen molar-refractivity contribution in [3.05, 3.63) is 0 Å². The van der Waals surface area contributed by atoms with Crippen LogP contribution in [0.25, 0.3) is 0 Å². The number of rotatable bonds is 12. The molecule has 5 nitrogen and oxygen atoms in total. The number of methoxy groups -OCH3 is 2. The van der Waals surface area contributed by atoms with Crippen LogP contribution in [0.15, 0.2) is 0 Å². The molecular weight excluding hydrogens is 222 g/mol. The summed E-state index contributed by atoms with van der Waals surface area (Å²) in [6, 6.07) is 0. The molecule has 0 aromatic rings. The molecule has 17 heavy (non-hydrogen) atoms. The van der Waals surface area contributed by atoms with Crippen molar-refractivity contribution in [1.29, 1.82) is 0 Å². The Balaban J connectivity index is 3.81. The molecule has 0 aliphatic rings. The van der Waals surface area contributed by atoms with Gasteiger partial charge in [0.05, 0.1) is 19.3 Å². The van der Waals surface area contributed by atoms with Gasteiger partial charge in [-0.3, -0.25) is 4.90 Å². The van der Waals surface area contributed by atoms with Gasteiger partial charge in [0.15, 0.2) is 0 Å².